The first-order chi connectivity index (χ1) is 14.3. The van der Waals surface area contributed by atoms with Crippen molar-refractivity contribution in [2.75, 3.05) is 25.1 Å². The molecule has 2 aromatic rings. The van der Waals surface area contributed by atoms with E-state index in [0.717, 1.165) is 22.5 Å². The van der Waals surface area contributed by atoms with Crippen LogP contribution in [0.1, 0.15) is 25.0 Å². The number of nitrogens with zero attached hydrogens (tertiary/aromatic N) is 3. The number of nitrogens with two attached hydrogens (primary N) is 2. The Morgan fingerprint density at radius 3 is 2.60 bits per heavy atom. The van der Waals surface area contributed by atoms with E-state index in [4.69, 9.17) is 32.9 Å². The van der Waals surface area contributed by atoms with Crippen molar-refractivity contribution in [1.29, 1.82) is 0 Å². The van der Waals surface area contributed by atoms with Crippen LogP contribution in [0, 0.1) is 0 Å². The minimum absolute atomic E-state index is 0.458. The van der Waals surface area contributed by atoms with Gasteiger partial charge in [0, 0.05) is 29.2 Å². The van der Waals surface area contributed by atoms with Crippen molar-refractivity contribution in [3.8, 4) is 5.75 Å². The number of hydrazone groups is 1. The summed E-state index contributed by atoms with van der Waals surface area (Å²) in [5, 5.41) is 8.00. The van der Waals surface area contributed by atoms with E-state index in [-0.39, 0.29) is 0 Å². The number of benzene rings is 2. The summed E-state index contributed by atoms with van der Waals surface area (Å²) in [6, 6.07) is 13.3. The Bertz CT molecular complexity index is 1000. The molecule has 1 aliphatic heterocycles. The summed E-state index contributed by atoms with van der Waals surface area (Å²) in [5.41, 5.74) is 8.97. The SMILES string of the molecule is C=C1N(/C(C)=N\N)c2ccc(OC)cc2C(c2ccc(Cl)cc2)=NC1(C)NCCN. The number of nitrogens with one attached hydrogen (secondary N) is 1. The van der Waals surface area contributed by atoms with E-state index in [0.29, 0.717) is 35.4 Å². The molecule has 30 heavy (non-hydrogen) atoms. The predicted octanol–water partition coefficient (Wildman–Crippen LogP) is 3.08. The summed E-state index contributed by atoms with van der Waals surface area (Å²) >= 11 is 6.12. The van der Waals surface area contributed by atoms with Gasteiger partial charge >= 0.3 is 0 Å². The number of aliphatic imine (C=N–C) groups is 1. The zero-order valence-electron chi connectivity index (χ0n) is 17.4. The lowest BCUT2D eigenvalue weighted by molar-refractivity contribution is 0.415. The maximum absolute atomic E-state index is 6.12. The number of halogens is 1. The number of ether oxygens (including phenoxy) is 1. The van der Waals surface area contributed by atoms with Gasteiger partial charge < -0.3 is 16.3 Å². The number of hydrogen-bond donors (Lipinski definition) is 3. The molecule has 1 aliphatic rings. The summed E-state index contributed by atoms with van der Waals surface area (Å²) in [4.78, 5) is 7.03. The van der Waals surface area contributed by atoms with Gasteiger partial charge in [-0.3, -0.25) is 15.2 Å². The third-order valence-corrected chi connectivity index (χ3v) is 5.36. The fraction of sp³-hybridized carbons (Fsp3) is 0.273. The van der Waals surface area contributed by atoms with E-state index in [9.17, 15) is 0 Å². The van der Waals surface area contributed by atoms with Crippen molar-refractivity contribution >= 4 is 28.8 Å². The van der Waals surface area contributed by atoms with Crippen LogP contribution in [0.2, 0.25) is 5.02 Å². The van der Waals surface area contributed by atoms with E-state index in [1.807, 2.05) is 61.2 Å². The number of methoxy groups -OCH3 is 1. The maximum Gasteiger partial charge on any atom is 0.149 e. The molecular weight excluding hydrogens is 400 g/mol. The number of hydrogen-bond acceptors (Lipinski definition) is 6. The van der Waals surface area contributed by atoms with Crippen LogP contribution in [0.4, 0.5) is 5.69 Å². The van der Waals surface area contributed by atoms with Crippen molar-refractivity contribution in [3.05, 3.63) is 70.9 Å². The number of amidine groups is 1. The maximum atomic E-state index is 6.12. The topological polar surface area (TPSA) is 101 Å². The summed E-state index contributed by atoms with van der Waals surface area (Å²) in [6.45, 7) is 9.14. The standard InChI is InChI=1S/C22H27ClN6O/c1-14-22(3,26-12-11-24)27-21(16-5-7-17(23)8-6-16)19-13-18(30-4)9-10-20(19)29(14)15(2)28-25/h5-10,13,26H,1,11-12,24-25H2,2-4H3/b28-15-. The van der Waals surface area contributed by atoms with Gasteiger partial charge in [0.15, 0.2) is 0 Å². The first-order valence-corrected chi connectivity index (χ1v) is 9.95. The summed E-state index contributed by atoms with van der Waals surface area (Å²) in [7, 11) is 1.63. The van der Waals surface area contributed by atoms with Crippen LogP contribution in [-0.2, 0) is 0 Å². The van der Waals surface area contributed by atoms with Crippen LogP contribution in [0.15, 0.2) is 64.8 Å². The average molecular weight is 427 g/mol. The molecule has 8 heteroatoms. The first kappa shape index (κ1) is 21.8. The monoisotopic (exact) mass is 426 g/mol. The molecule has 0 amide bonds. The van der Waals surface area contributed by atoms with Crippen molar-refractivity contribution in [2.45, 2.75) is 19.5 Å². The molecule has 1 atom stereocenters. The van der Waals surface area contributed by atoms with Gasteiger partial charge in [0.05, 0.1) is 24.2 Å². The molecular formula is C22H27ClN6O. The van der Waals surface area contributed by atoms with Crippen molar-refractivity contribution in [3.63, 3.8) is 0 Å². The number of benzodiazepines with no additional fused rings is 1. The first-order valence-electron chi connectivity index (χ1n) is 9.58. The lowest BCUT2D eigenvalue weighted by Crippen LogP contribution is -2.50. The van der Waals surface area contributed by atoms with Gasteiger partial charge in [-0.25, -0.2) is 0 Å². The Morgan fingerprint density at radius 2 is 2.00 bits per heavy atom. The molecule has 3 rings (SSSR count). The molecule has 0 bridgehead atoms. The fourth-order valence-electron chi connectivity index (χ4n) is 3.45. The Balaban J connectivity index is 2.34. The van der Waals surface area contributed by atoms with E-state index < -0.39 is 5.66 Å². The van der Waals surface area contributed by atoms with Crippen LogP contribution >= 0.6 is 11.6 Å². The molecule has 5 N–H and O–H groups in total. The summed E-state index contributed by atoms with van der Waals surface area (Å²) in [5.74, 6) is 6.96. The van der Waals surface area contributed by atoms with Crippen LogP contribution in [-0.4, -0.2) is 37.4 Å². The smallest absolute Gasteiger partial charge is 0.149 e. The van der Waals surface area contributed by atoms with Gasteiger partial charge in [0.25, 0.3) is 0 Å². The molecule has 1 unspecified atom stereocenters. The van der Waals surface area contributed by atoms with E-state index >= 15 is 0 Å². The molecule has 0 spiro atoms. The van der Waals surface area contributed by atoms with Gasteiger partial charge in [-0.1, -0.05) is 30.3 Å². The number of fused-ring (bicyclic) bond motifs is 1. The van der Waals surface area contributed by atoms with Crippen LogP contribution in [0.3, 0.4) is 0 Å². The quantitative estimate of drug-likeness (QED) is 0.295. The van der Waals surface area contributed by atoms with E-state index in [1.165, 1.54) is 0 Å². The van der Waals surface area contributed by atoms with Gasteiger partial charge in [0.1, 0.15) is 17.2 Å². The lowest BCUT2D eigenvalue weighted by atomic mass is 9.99. The Hall–Kier alpha value is -2.87. The predicted molar refractivity (Wildman–Crippen MR) is 124 cm³/mol. The largest absolute Gasteiger partial charge is 0.497 e. The molecule has 0 fully saturated rings. The minimum atomic E-state index is -0.855. The number of anilines is 1. The molecule has 0 aliphatic carbocycles. The normalized spacial score (nSPS) is 19.2. The second kappa shape index (κ2) is 8.87. The zero-order chi connectivity index (χ0) is 21.9. The average Bonchev–Trinajstić information content (AvgIpc) is 2.85. The lowest BCUT2D eigenvalue weighted by Gasteiger charge is -2.35. The van der Waals surface area contributed by atoms with Crippen LogP contribution < -0.4 is 26.5 Å². The molecule has 158 valence electrons. The zero-order valence-corrected chi connectivity index (χ0v) is 18.2. The Labute approximate surface area is 182 Å². The van der Waals surface area contributed by atoms with E-state index in [2.05, 4.69) is 17.0 Å². The third-order valence-electron chi connectivity index (χ3n) is 5.11. The molecule has 7 nitrogen and oxygen atoms in total. The minimum Gasteiger partial charge on any atom is -0.497 e. The molecule has 0 radical (unpaired) electrons. The second-order valence-corrected chi connectivity index (χ2v) is 7.53. The summed E-state index contributed by atoms with van der Waals surface area (Å²) < 4.78 is 5.49. The molecule has 1 heterocycles. The highest BCUT2D eigenvalue weighted by atomic mass is 35.5. The van der Waals surface area contributed by atoms with Gasteiger partial charge in [-0.15, -0.1) is 0 Å². The van der Waals surface area contributed by atoms with Crippen LogP contribution in [0.25, 0.3) is 0 Å². The number of rotatable bonds is 5. The van der Waals surface area contributed by atoms with Crippen LogP contribution in [0.5, 0.6) is 5.75 Å². The highest BCUT2D eigenvalue weighted by Crippen LogP contribution is 2.38. The fourth-order valence-corrected chi connectivity index (χ4v) is 3.58. The van der Waals surface area contributed by atoms with Crippen molar-refractivity contribution in [1.82, 2.24) is 5.32 Å². The van der Waals surface area contributed by atoms with Gasteiger partial charge in [-0.05, 0) is 44.2 Å². The Kier molecular flexibility index (Phi) is 6.45. The molecule has 0 saturated carbocycles. The van der Waals surface area contributed by atoms with Crippen molar-refractivity contribution in [2.24, 2.45) is 21.7 Å². The summed E-state index contributed by atoms with van der Waals surface area (Å²) in [6.07, 6.45) is 0. The second-order valence-electron chi connectivity index (χ2n) is 7.10. The van der Waals surface area contributed by atoms with Crippen molar-refractivity contribution < 1.29 is 4.74 Å². The highest BCUT2D eigenvalue weighted by Gasteiger charge is 2.37. The van der Waals surface area contributed by atoms with E-state index in [1.54, 1.807) is 7.11 Å². The van der Waals surface area contributed by atoms with Gasteiger partial charge in [-0.2, -0.15) is 5.10 Å². The Morgan fingerprint density at radius 1 is 1.30 bits per heavy atom. The van der Waals surface area contributed by atoms with Gasteiger partial charge in [0.2, 0.25) is 0 Å². The highest BCUT2D eigenvalue weighted by molar-refractivity contribution is 6.30. The molecule has 0 saturated heterocycles. The third kappa shape index (κ3) is 4.05. The molecule has 0 aromatic heterocycles. The molecule has 2 aromatic carbocycles.